The summed E-state index contributed by atoms with van der Waals surface area (Å²) in [6.07, 6.45) is 14.2. The lowest BCUT2D eigenvalue weighted by Crippen LogP contribution is -2.61. The lowest BCUT2D eigenvalue weighted by Gasteiger charge is -2.42. The number of hydrogen-bond acceptors (Lipinski definition) is 28. The summed E-state index contributed by atoms with van der Waals surface area (Å²) in [4.78, 5) is 104. The molecule has 1 aromatic heterocycles. The van der Waals surface area contributed by atoms with Gasteiger partial charge in [0.2, 0.25) is 11.7 Å². The summed E-state index contributed by atoms with van der Waals surface area (Å²) >= 11 is 0. The van der Waals surface area contributed by atoms with Gasteiger partial charge in [0.05, 0.1) is 141 Å². The highest BCUT2D eigenvalue weighted by molar-refractivity contribution is 7.91. The molecule has 6 N–H and O–H groups in total. The van der Waals surface area contributed by atoms with Gasteiger partial charge in [-0.2, -0.15) is 0 Å². The van der Waals surface area contributed by atoms with Gasteiger partial charge in [0.1, 0.15) is 48.6 Å². The molecule has 128 heavy (non-hydrogen) atoms. The molecule has 32 nitrogen and oxygen atoms in total. The number of Topliss-reactive ketones (excluding diaryl/α,β-unsaturated/α-hetero) is 2. The number of hydrogen-bond donors (Lipinski definition) is 5. The number of sulfone groups is 1. The van der Waals surface area contributed by atoms with E-state index in [-0.39, 0.29) is 104 Å². The number of anilines is 1. The van der Waals surface area contributed by atoms with Crippen LogP contribution in [0, 0.1) is 42.4 Å². The molecule has 3 fully saturated rings. The molecule has 4 amide bonds. The Morgan fingerprint density at radius 1 is 0.664 bits per heavy atom. The van der Waals surface area contributed by atoms with E-state index in [1.54, 1.807) is 52.2 Å². The molecule has 5 aliphatic rings. The first-order chi connectivity index (χ1) is 61.5. The zero-order valence-electron chi connectivity index (χ0n) is 76.9. The largest absolute Gasteiger partial charge is 0.491 e. The number of benzene rings is 2. The third kappa shape index (κ3) is 34.0. The van der Waals surface area contributed by atoms with Crippen molar-refractivity contribution in [2.75, 3.05) is 171 Å². The number of piperidine rings is 1. The number of nitrogens with two attached hydrogens (primary N) is 1. The van der Waals surface area contributed by atoms with Gasteiger partial charge in [0.15, 0.2) is 15.6 Å². The van der Waals surface area contributed by atoms with Crippen molar-refractivity contribution in [3.63, 3.8) is 0 Å². The smallest absolute Gasteiger partial charge is 0.407 e. The van der Waals surface area contributed by atoms with E-state index in [4.69, 9.17) is 76.8 Å². The first-order valence-corrected chi connectivity index (χ1v) is 47.1. The first-order valence-electron chi connectivity index (χ1n) is 45.4. The molecule has 1 unspecified atom stereocenters. The van der Waals surface area contributed by atoms with Gasteiger partial charge in [-0.05, 0) is 186 Å². The summed E-state index contributed by atoms with van der Waals surface area (Å²) in [5.74, 6) is -6.62. The van der Waals surface area contributed by atoms with Crippen LogP contribution in [-0.4, -0.2) is 295 Å². The highest BCUT2D eigenvalue weighted by atomic mass is 32.2. The molecule has 15 atom stereocenters. The summed E-state index contributed by atoms with van der Waals surface area (Å²) < 4.78 is 113. The number of nitrogen functional groups attached to an aromatic ring is 1. The number of allylic oxidation sites excluding steroid dienone is 6. The predicted octanol–water partition coefficient (Wildman–Crippen LogP) is 9.84. The van der Waals surface area contributed by atoms with Crippen LogP contribution in [0.25, 0.3) is 11.1 Å². The molecule has 0 spiro atoms. The van der Waals surface area contributed by atoms with Crippen molar-refractivity contribution in [3.05, 3.63) is 119 Å². The van der Waals surface area contributed by atoms with Gasteiger partial charge in [0.25, 0.3) is 17.6 Å². The number of aryl methyl sites for hydroxylation is 1. The van der Waals surface area contributed by atoms with Gasteiger partial charge in [-0.15, -0.1) is 0 Å². The van der Waals surface area contributed by atoms with Gasteiger partial charge in [-0.25, -0.2) is 23.0 Å². The Hall–Kier alpha value is -7.97. The van der Waals surface area contributed by atoms with Crippen LogP contribution < -0.4 is 21.1 Å². The van der Waals surface area contributed by atoms with Gasteiger partial charge >= 0.3 is 12.1 Å². The Bertz CT molecular complexity index is 4210. The van der Waals surface area contributed by atoms with Crippen molar-refractivity contribution < 1.29 is 123 Å². The second-order valence-corrected chi connectivity index (χ2v) is 36.3. The molecule has 3 aromatic rings. The van der Waals surface area contributed by atoms with E-state index in [9.17, 15) is 52.2 Å². The minimum absolute atomic E-state index is 0.0256. The monoisotopic (exact) mass is 1810 g/mol. The number of nitrogens with one attached hydrogen (secondary N) is 2. The van der Waals surface area contributed by atoms with Crippen molar-refractivity contribution in [2.45, 2.75) is 211 Å². The average molecular weight is 1820 g/mol. The maximum atomic E-state index is 14.8. The third-order valence-corrected chi connectivity index (χ3v) is 26.0. The van der Waals surface area contributed by atoms with E-state index >= 15 is 0 Å². The number of alkyl carbamates (subject to hydrolysis) is 1. The maximum Gasteiger partial charge on any atom is 0.407 e. The fourth-order valence-corrected chi connectivity index (χ4v) is 18.0. The summed E-state index contributed by atoms with van der Waals surface area (Å²) in [6, 6.07) is 12.7. The number of carbonyl (C=O) groups is 7. The lowest BCUT2D eigenvalue weighted by molar-refractivity contribution is -0.265. The SMILES string of the molecule is CO[C@H]1C[C@@H]2CC[C@@H](C)[C@@](O)(O2)C(=O)C(=O)N2CCCC[C@H]2C(=O)O[C@H]([C@H](C)C[C@@H]2CC[C@@H](OC(=O)NCCOCCOCCOCCOCCOCCOCCOCCOCCC(=O)NCCS(=O)(=O)c3ccc(C(=O)N4CCOc5ccc(-c6ccc(N)nc6)cc5C4)c(C)c3)[C@H](OC)C2)CC[C@H](C)/C=C(\C)[C@@H](O)[C@@H](OC)C(=O)C(C)C[C@H](C)/C=C/C=C/C=C/1C. The first kappa shape index (κ1) is 105. The zero-order valence-corrected chi connectivity index (χ0v) is 77.7. The van der Waals surface area contributed by atoms with E-state index in [0.29, 0.717) is 211 Å². The number of methoxy groups -OCH3 is 3. The maximum absolute atomic E-state index is 14.8. The van der Waals surface area contributed by atoms with E-state index in [2.05, 4.69) is 15.6 Å². The molecule has 2 aromatic carbocycles. The Kier molecular flexibility index (Phi) is 45.6. The predicted molar refractivity (Wildman–Crippen MR) is 479 cm³/mol. The zero-order chi connectivity index (χ0) is 92.6. The summed E-state index contributed by atoms with van der Waals surface area (Å²) in [6.45, 7) is 21.4. The van der Waals surface area contributed by atoms with Crippen LogP contribution in [-0.2, 0) is 107 Å². The van der Waals surface area contributed by atoms with Crippen LogP contribution in [0.2, 0.25) is 0 Å². The standard InChI is InChI=1S/C95H142N6O26S/c1-64-17-13-12-14-18-66(3)83(113-9)61-76-25-21-71(8)95(110,127-76)90(105)92(107)101-35-16-15-19-79(101)93(108)125-80(28-20-65(2)56-70(7)88(104)89(115-11)87(103)69(6)55-64)68(5)57-72-22-29-82(84(59-72)114-10)126-94(109)98-33-38-117-41-43-119-45-47-121-49-51-123-53-52-122-50-48-120-46-44-118-42-40-116-37-32-86(102)97-34-54-128(111,112)77-26-27-78(67(4)58-77)91(106)100-36-39-124-81-30-23-73(60-75(81)63-100)74-24-31-85(96)99-62-74/h12-14,17-18,23-24,26-27,30-31,56,58,60,62,64-65,68-69,71-72,76,79-80,82-84,88-89,104,110H,15-16,19-22,25,28-29,32-55,57,59,61,63H2,1-11H3,(H2,96,99)(H,97,102)(H,98,109)/b14-12+,17-13+,66-18+,70-56+/t64-,65+,68-,69?,71-,72+,76+,79+,80+,82-,83+,84-,88-,89+,95-/m1/s1. The van der Waals surface area contributed by atoms with Crippen molar-refractivity contribution in [1.82, 2.24) is 25.4 Å². The summed E-state index contributed by atoms with van der Waals surface area (Å²) in [7, 11) is 0.815. The number of pyridine rings is 1. The number of carbonyl (C=O) groups excluding carboxylic acids is 7. The molecule has 2 bridgehead atoms. The molecule has 2 saturated heterocycles. The van der Waals surface area contributed by atoms with Crippen molar-refractivity contribution in [1.29, 1.82) is 0 Å². The second kappa shape index (κ2) is 55.4. The number of nitrogens with zero attached hydrogens (tertiary/aromatic N) is 3. The minimum atomic E-state index is -3.78. The molecular weight excluding hydrogens is 1670 g/mol. The Labute approximate surface area is 755 Å². The molecule has 714 valence electrons. The fraction of sp³-hybridized carbons (Fsp3) is 0.663. The molecule has 4 aliphatic heterocycles. The number of amides is 4. The molecule has 8 rings (SSSR count). The molecule has 0 radical (unpaired) electrons. The number of aliphatic hydroxyl groups excluding tert-OH is 1. The number of rotatable bonds is 40. The van der Waals surface area contributed by atoms with Crippen molar-refractivity contribution >= 4 is 57.0 Å². The average Bonchev–Trinajstić information content (AvgIpc) is 0.813. The van der Waals surface area contributed by atoms with Crippen molar-refractivity contribution in [3.8, 4) is 16.9 Å². The molecule has 1 aliphatic carbocycles. The number of aromatic nitrogens is 1. The van der Waals surface area contributed by atoms with Crippen LogP contribution in [0.15, 0.2) is 107 Å². The van der Waals surface area contributed by atoms with Crippen LogP contribution in [0.1, 0.15) is 160 Å². The number of esters is 1. The third-order valence-electron chi connectivity index (χ3n) is 24.3. The number of aliphatic hydroxyl groups is 2. The summed E-state index contributed by atoms with van der Waals surface area (Å²) in [5.41, 5.74) is 10.7. The number of cyclic esters (lactones) is 1. The van der Waals surface area contributed by atoms with Crippen molar-refractivity contribution in [2.24, 2.45) is 35.5 Å². The van der Waals surface area contributed by atoms with Crippen LogP contribution in [0.4, 0.5) is 10.6 Å². The van der Waals surface area contributed by atoms with Crippen LogP contribution in [0.3, 0.4) is 0 Å². The molecule has 5 heterocycles. The highest BCUT2D eigenvalue weighted by Gasteiger charge is 2.53. The van der Waals surface area contributed by atoms with E-state index in [0.717, 1.165) is 22.3 Å². The fourth-order valence-electron chi connectivity index (χ4n) is 16.7. The summed E-state index contributed by atoms with van der Waals surface area (Å²) in [5, 5.41) is 29.2. The topological polar surface area (TPSA) is 402 Å². The minimum Gasteiger partial charge on any atom is -0.491 e. The molecular formula is C95H142N6O26S. The molecule has 33 heteroatoms. The Balaban J connectivity index is 0.637. The second-order valence-electron chi connectivity index (χ2n) is 34.2. The van der Waals surface area contributed by atoms with E-state index < -0.39 is 100.0 Å². The number of ether oxygens (including phenoxy) is 15. The van der Waals surface area contributed by atoms with Crippen LogP contribution in [0.5, 0.6) is 5.75 Å². The normalized spacial score (nSPS) is 26.8. The quantitative estimate of drug-likeness (QED) is 0.0153. The van der Waals surface area contributed by atoms with E-state index in [1.165, 1.54) is 30.2 Å². The van der Waals surface area contributed by atoms with Crippen LogP contribution >= 0.6 is 0 Å². The van der Waals surface area contributed by atoms with Gasteiger partial charge in [-0.3, -0.25) is 24.0 Å². The number of fused-ring (bicyclic) bond motifs is 4. The van der Waals surface area contributed by atoms with E-state index in [1.807, 2.05) is 95.3 Å². The van der Waals surface area contributed by atoms with Gasteiger partial charge in [-0.1, -0.05) is 77.1 Å². The lowest BCUT2D eigenvalue weighted by atomic mass is 9.78. The van der Waals surface area contributed by atoms with Gasteiger partial charge < -0.3 is 107 Å². The Morgan fingerprint density at radius 2 is 1.32 bits per heavy atom. The molecule has 1 saturated carbocycles. The van der Waals surface area contributed by atoms with Gasteiger partial charge in [0, 0.05) is 95.1 Å². The number of ketones is 2. The highest BCUT2D eigenvalue weighted by Crippen LogP contribution is 2.40. The Morgan fingerprint density at radius 3 is 1.95 bits per heavy atom.